The highest BCUT2D eigenvalue weighted by Crippen LogP contribution is 2.44. The van der Waals surface area contributed by atoms with Crippen molar-refractivity contribution < 1.29 is 0 Å². The van der Waals surface area contributed by atoms with Gasteiger partial charge in [0.2, 0.25) is 0 Å². The van der Waals surface area contributed by atoms with Crippen LogP contribution in [0.15, 0.2) is 0 Å². The van der Waals surface area contributed by atoms with E-state index in [0.717, 1.165) is 11.8 Å². The zero-order valence-electron chi connectivity index (χ0n) is 5.43. The fourth-order valence-electron chi connectivity index (χ4n) is 1.77. The Morgan fingerprint density at radius 3 is 2.88 bits per heavy atom. The van der Waals surface area contributed by atoms with Gasteiger partial charge in [0.05, 0.1) is 0 Å². The fraction of sp³-hybridized carbons (Fsp3) is 1.00. The van der Waals surface area contributed by atoms with E-state index in [-0.39, 0.29) is 0 Å². The number of fused-ring (bicyclic) bond motifs is 1. The van der Waals surface area contributed by atoms with Crippen LogP contribution in [0.4, 0.5) is 0 Å². The molecule has 1 saturated carbocycles. The molecule has 1 heterocycles. The van der Waals surface area contributed by atoms with Crippen LogP contribution in [0.5, 0.6) is 0 Å². The molecule has 8 heavy (non-hydrogen) atoms. The molecule has 1 nitrogen and oxygen atoms in total. The molecule has 0 aromatic heterocycles. The molecule has 0 radical (unpaired) electrons. The summed E-state index contributed by atoms with van der Waals surface area (Å²) in [6.45, 7) is 2.73. The monoisotopic (exact) mass is 111 g/mol. The van der Waals surface area contributed by atoms with Crippen molar-refractivity contribution in [3.63, 3.8) is 0 Å². The minimum Gasteiger partial charge on any atom is -0.306 e. The lowest BCUT2D eigenvalue weighted by molar-refractivity contribution is 0.266. The van der Waals surface area contributed by atoms with Crippen molar-refractivity contribution in [2.45, 2.75) is 12.8 Å². The molecule has 1 aliphatic carbocycles. The Morgan fingerprint density at radius 1 is 1.38 bits per heavy atom. The summed E-state index contributed by atoms with van der Waals surface area (Å²) in [6, 6.07) is 0. The number of hydrogen-bond acceptors (Lipinski definition) is 1. The van der Waals surface area contributed by atoms with Crippen LogP contribution >= 0.6 is 0 Å². The van der Waals surface area contributed by atoms with E-state index in [1.165, 1.54) is 25.9 Å². The Morgan fingerprint density at radius 2 is 2.25 bits per heavy atom. The molecule has 2 fully saturated rings. The van der Waals surface area contributed by atoms with Gasteiger partial charge in [-0.3, -0.25) is 0 Å². The summed E-state index contributed by atoms with van der Waals surface area (Å²) < 4.78 is 0. The SMILES string of the molecule is CN1CCC2CC2C1. The highest BCUT2D eigenvalue weighted by molar-refractivity contribution is 4.91. The van der Waals surface area contributed by atoms with E-state index in [2.05, 4.69) is 11.9 Å². The van der Waals surface area contributed by atoms with Crippen LogP contribution in [0.1, 0.15) is 12.8 Å². The molecule has 0 aromatic carbocycles. The van der Waals surface area contributed by atoms with Crippen molar-refractivity contribution in [1.29, 1.82) is 0 Å². The average Bonchev–Trinajstić information content (AvgIpc) is 2.43. The molecule has 0 N–H and O–H groups in total. The first kappa shape index (κ1) is 4.80. The molecule has 0 amide bonds. The van der Waals surface area contributed by atoms with Crippen molar-refractivity contribution in [1.82, 2.24) is 4.90 Å². The Kier molecular flexibility index (Phi) is 0.884. The van der Waals surface area contributed by atoms with Gasteiger partial charge in [-0.05, 0) is 38.3 Å². The molecule has 0 bridgehead atoms. The van der Waals surface area contributed by atoms with Crippen LogP contribution in [-0.2, 0) is 0 Å². The van der Waals surface area contributed by atoms with Crippen LogP contribution in [0.2, 0.25) is 0 Å². The zero-order chi connectivity index (χ0) is 5.56. The normalized spacial score (nSPS) is 46.1. The van der Waals surface area contributed by atoms with Crippen LogP contribution in [0.25, 0.3) is 0 Å². The van der Waals surface area contributed by atoms with E-state index in [1.54, 1.807) is 0 Å². The van der Waals surface area contributed by atoms with Gasteiger partial charge in [0.1, 0.15) is 0 Å². The lowest BCUT2D eigenvalue weighted by atomic mass is 10.1. The molecular weight excluding hydrogens is 98.1 g/mol. The Balaban J connectivity index is 1.93. The van der Waals surface area contributed by atoms with Crippen molar-refractivity contribution in [3.8, 4) is 0 Å². The summed E-state index contributed by atoms with van der Waals surface area (Å²) >= 11 is 0. The van der Waals surface area contributed by atoms with Gasteiger partial charge in [-0.2, -0.15) is 0 Å². The minimum atomic E-state index is 1.11. The first-order valence-electron chi connectivity index (χ1n) is 3.55. The molecule has 2 rings (SSSR count). The highest BCUT2D eigenvalue weighted by atomic mass is 15.1. The summed E-state index contributed by atoms with van der Waals surface area (Å²) in [7, 11) is 2.23. The highest BCUT2D eigenvalue weighted by Gasteiger charge is 2.40. The predicted molar refractivity (Wildman–Crippen MR) is 33.7 cm³/mol. The lowest BCUT2D eigenvalue weighted by Crippen LogP contribution is -2.26. The summed E-state index contributed by atoms with van der Waals surface area (Å²) in [5.74, 6) is 2.25. The predicted octanol–water partition coefficient (Wildman–Crippen LogP) is 0.958. The number of piperidine rings is 1. The Bertz CT molecular complexity index is 101. The van der Waals surface area contributed by atoms with E-state index < -0.39 is 0 Å². The summed E-state index contributed by atoms with van der Waals surface area (Å²) in [5.41, 5.74) is 0. The third-order valence-corrected chi connectivity index (χ3v) is 2.50. The summed E-state index contributed by atoms with van der Waals surface area (Å²) in [6.07, 6.45) is 3.01. The van der Waals surface area contributed by atoms with Crippen LogP contribution < -0.4 is 0 Å². The number of hydrogen-bond donors (Lipinski definition) is 0. The molecule has 46 valence electrons. The maximum atomic E-state index is 2.45. The van der Waals surface area contributed by atoms with E-state index in [1.807, 2.05) is 0 Å². The van der Waals surface area contributed by atoms with E-state index >= 15 is 0 Å². The van der Waals surface area contributed by atoms with Crippen molar-refractivity contribution in [2.24, 2.45) is 11.8 Å². The molecule has 1 heteroatoms. The molecular formula is C7H13N. The van der Waals surface area contributed by atoms with Gasteiger partial charge in [-0.1, -0.05) is 0 Å². The molecule has 1 saturated heterocycles. The zero-order valence-corrected chi connectivity index (χ0v) is 5.43. The Hall–Kier alpha value is -0.0400. The Labute approximate surface area is 50.7 Å². The first-order valence-corrected chi connectivity index (χ1v) is 3.55. The van der Waals surface area contributed by atoms with Crippen LogP contribution in [0, 0.1) is 11.8 Å². The first-order chi connectivity index (χ1) is 3.86. The minimum absolute atomic E-state index is 1.11. The summed E-state index contributed by atoms with van der Waals surface area (Å²) in [4.78, 5) is 2.45. The quantitative estimate of drug-likeness (QED) is 0.450. The second-order valence-corrected chi connectivity index (χ2v) is 3.31. The lowest BCUT2D eigenvalue weighted by Gasteiger charge is -2.20. The maximum Gasteiger partial charge on any atom is 0.000937 e. The van der Waals surface area contributed by atoms with Crippen molar-refractivity contribution in [3.05, 3.63) is 0 Å². The van der Waals surface area contributed by atoms with Crippen LogP contribution in [0.3, 0.4) is 0 Å². The van der Waals surface area contributed by atoms with E-state index in [0.29, 0.717) is 0 Å². The second-order valence-electron chi connectivity index (χ2n) is 3.31. The third-order valence-electron chi connectivity index (χ3n) is 2.50. The second kappa shape index (κ2) is 1.47. The molecule has 2 atom stereocenters. The van der Waals surface area contributed by atoms with Crippen molar-refractivity contribution in [2.75, 3.05) is 20.1 Å². The molecule has 2 unspecified atom stereocenters. The number of rotatable bonds is 0. The molecule has 2 aliphatic rings. The van der Waals surface area contributed by atoms with Gasteiger partial charge in [-0.15, -0.1) is 0 Å². The molecule has 1 aliphatic heterocycles. The maximum absolute atomic E-state index is 2.45. The topological polar surface area (TPSA) is 3.24 Å². The largest absolute Gasteiger partial charge is 0.306 e. The van der Waals surface area contributed by atoms with Gasteiger partial charge in [0.25, 0.3) is 0 Å². The van der Waals surface area contributed by atoms with Gasteiger partial charge in [0, 0.05) is 6.54 Å². The molecule has 0 aromatic rings. The fourth-order valence-corrected chi connectivity index (χ4v) is 1.77. The van der Waals surface area contributed by atoms with E-state index in [4.69, 9.17) is 0 Å². The summed E-state index contributed by atoms with van der Waals surface area (Å²) in [5, 5.41) is 0. The van der Waals surface area contributed by atoms with E-state index in [9.17, 15) is 0 Å². The number of likely N-dealkylation sites (tertiary alicyclic amines) is 1. The van der Waals surface area contributed by atoms with Gasteiger partial charge in [-0.25, -0.2) is 0 Å². The third kappa shape index (κ3) is 0.655. The number of nitrogens with zero attached hydrogens (tertiary/aromatic N) is 1. The van der Waals surface area contributed by atoms with Gasteiger partial charge in [0.15, 0.2) is 0 Å². The standard InChI is InChI=1S/C7H13N/c1-8-3-2-6-4-7(6)5-8/h6-7H,2-5H2,1H3. The van der Waals surface area contributed by atoms with Gasteiger partial charge < -0.3 is 4.90 Å². The average molecular weight is 111 g/mol. The van der Waals surface area contributed by atoms with Crippen LogP contribution in [-0.4, -0.2) is 25.0 Å². The van der Waals surface area contributed by atoms with Gasteiger partial charge >= 0.3 is 0 Å². The molecule has 0 spiro atoms. The van der Waals surface area contributed by atoms with Crippen molar-refractivity contribution >= 4 is 0 Å². The smallest absolute Gasteiger partial charge is 0.000937 e.